The molecule has 1 aromatic rings. The Morgan fingerprint density at radius 1 is 1.64 bits per heavy atom. The Kier molecular flexibility index (Phi) is 3.23. The van der Waals surface area contributed by atoms with Crippen LogP contribution in [0.25, 0.3) is 0 Å². The number of rotatable bonds is 3. The molecule has 0 spiro atoms. The summed E-state index contributed by atoms with van der Waals surface area (Å²) in [5, 5.41) is 9.77. The first-order valence-corrected chi connectivity index (χ1v) is 4.37. The van der Waals surface area contributed by atoms with E-state index in [0.717, 1.165) is 6.21 Å². The van der Waals surface area contributed by atoms with Gasteiger partial charge >= 0.3 is 0 Å². The second-order valence-corrected chi connectivity index (χ2v) is 2.85. The smallest absolute Gasteiger partial charge is 0.251 e. The summed E-state index contributed by atoms with van der Waals surface area (Å²) >= 11 is 0. The quantitative estimate of drug-likeness (QED) is 0.492. The molecule has 1 rings (SSSR count). The van der Waals surface area contributed by atoms with Gasteiger partial charge in [-0.05, 0) is 25.1 Å². The fourth-order valence-electron chi connectivity index (χ4n) is 1.10. The molecule has 4 N–H and O–H groups in total. The van der Waals surface area contributed by atoms with Crippen LogP contribution in [-0.4, -0.2) is 18.7 Å². The summed E-state index contributed by atoms with van der Waals surface area (Å²) in [6.07, 6.45) is 1.14. The van der Waals surface area contributed by atoms with Gasteiger partial charge in [0, 0.05) is 29.6 Å². The number of nitrogen functional groups attached to an aromatic ring is 1. The Bertz CT molecular complexity index is 360. The third-order valence-electron chi connectivity index (χ3n) is 1.84. The first-order chi connectivity index (χ1) is 6.69. The van der Waals surface area contributed by atoms with Crippen molar-refractivity contribution in [1.82, 2.24) is 5.32 Å². The molecule has 4 heteroatoms. The lowest BCUT2D eigenvalue weighted by atomic mass is 10.1. The minimum atomic E-state index is -0.143. The van der Waals surface area contributed by atoms with E-state index in [1.54, 1.807) is 18.2 Å². The van der Waals surface area contributed by atoms with E-state index in [2.05, 4.69) is 5.32 Å². The lowest BCUT2D eigenvalue weighted by Gasteiger charge is -2.04. The second-order valence-electron chi connectivity index (χ2n) is 2.85. The molecule has 0 saturated heterocycles. The van der Waals surface area contributed by atoms with Crippen molar-refractivity contribution in [3.63, 3.8) is 0 Å². The first kappa shape index (κ1) is 10.2. The molecule has 0 aliphatic carbocycles. The van der Waals surface area contributed by atoms with Crippen LogP contribution in [0.1, 0.15) is 22.8 Å². The molecular weight excluding hydrogens is 178 g/mol. The maximum absolute atomic E-state index is 11.4. The number of nitrogens with two attached hydrogens (primary N) is 1. The van der Waals surface area contributed by atoms with Gasteiger partial charge in [0.15, 0.2) is 0 Å². The van der Waals surface area contributed by atoms with E-state index < -0.39 is 0 Å². The number of anilines is 1. The van der Waals surface area contributed by atoms with Crippen molar-refractivity contribution in [1.29, 1.82) is 5.41 Å². The maximum Gasteiger partial charge on any atom is 0.251 e. The monoisotopic (exact) mass is 191 g/mol. The Morgan fingerprint density at radius 3 is 2.93 bits per heavy atom. The summed E-state index contributed by atoms with van der Waals surface area (Å²) in [6, 6.07) is 4.88. The van der Waals surface area contributed by atoms with Crippen LogP contribution in [-0.2, 0) is 0 Å². The third kappa shape index (κ3) is 2.10. The highest BCUT2D eigenvalue weighted by molar-refractivity contribution is 5.97. The van der Waals surface area contributed by atoms with E-state index in [1.165, 1.54) is 0 Å². The minimum absolute atomic E-state index is 0.143. The molecule has 0 fully saturated rings. The molecule has 14 heavy (non-hydrogen) atoms. The van der Waals surface area contributed by atoms with Crippen LogP contribution >= 0.6 is 0 Å². The van der Waals surface area contributed by atoms with Gasteiger partial charge in [0.1, 0.15) is 0 Å². The van der Waals surface area contributed by atoms with E-state index >= 15 is 0 Å². The van der Waals surface area contributed by atoms with Crippen molar-refractivity contribution in [2.45, 2.75) is 6.92 Å². The van der Waals surface area contributed by atoms with Crippen molar-refractivity contribution in [3.05, 3.63) is 29.3 Å². The zero-order chi connectivity index (χ0) is 10.6. The van der Waals surface area contributed by atoms with Crippen LogP contribution in [0.3, 0.4) is 0 Å². The third-order valence-corrected chi connectivity index (χ3v) is 1.84. The van der Waals surface area contributed by atoms with Crippen molar-refractivity contribution in [2.75, 3.05) is 12.3 Å². The predicted molar refractivity (Wildman–Crippen MR) is 56.7 cm³/mol. The second kappa shape index (κ2) is 4.41. The van der Waals surface area contributed by atoms with E-state index in [9.17, 15) is 4.79 Å². The molecule has 0 aromatic heterocycles. The molecule has 0 aliphatic heterocycles. The van der Waals surface area contributed by atoms with Crippen LogP contribution in [0.2, 0.25) is 0 Å². The average molecular weight is 191 g/mol. The van der Waals surface area contributed by atoms with E-state index in [4.69, 9.17) is 11.1 Å². The number of carbonyl (C=O) groups is 1. The molecule has 0 bridgehead atoms. The fraction of sp³-hybridized carbons (Fsp3) is 0.200. The fourth-order valence-corrected chi connectivity index (χ4v) is 1.10. The number of carbonyl (C=O) groups excluding carboxylic acids is 1. The predicted octanol–water partition coefficient (Wildman–Crippen LogP) is 1.02. The zero-order valence-electron chi connectivity index (χ0n) is 8.00. The van der Waals surface area contributed by atoms with Crippen molar-refractivity contribution < 1.29 is 4.79 Å². The van der Waals surface area contributed by atoms with Crippen LogP contribution in [0.4, 0.5) is 5.69 Å². The van der Waals surface area contributed by atoms with Gasteiger partial charge in [-0.1, -0.05) is 0 Å². The summed E-state index contributed by atoms with van der Waals surface area (Å²) in [7, 11) is 0. The Morgan fingerprint density at radius 2 is 2.36 bits per heavy atom. The van der Waals surface area contributed by atoms with Crippen molar-refractivity contribution >= 4 is 17.8 Å². The summed E-state index contributed by atoms with van der Waals surface area (Å²) < 4.78 is 0. The van der Waals surface area contributed by atoms with E-state index in [0.29, 0.717) is 23.4 Å². The first-order valence-electron chi connectivity index (χ1n) is 4.37. The zero-order valence-corrected chi connectivity index (χ0v) is 8.00. The van der Waals surface area contributed by atoms with Gasteiger partial charge in [-0.3, -0.25) is 4.79 Å². The van der Waals surface area contributed by atoms with Gasteiger partial charge in [-0.25, -0.2) is 0 Å². The van der Waals surface area contributed by atoms with Crippen LogP contribution in [0.5, 0.6) is 0 Å². The van der Waals surface area contributed by atoms with Gasteiger partial charge in [-0.2, -0.15) is 0 Å². The SMILES string of the molecule is CCNC(=O)c1ccc(N)c(C=N)c1. The number of amides is 1. The van der Waals surface area contributed by atoms with Crippen molar-refractivity contribution in [3.8, 4) is 0 Å². The molecule has 0 atom stereocenters. The lowest BCUT2D eigenvalue weighted by molar-refractivity contribution is 0.0956. The molecular formula is C10H13N3O. The molecule has 0 heterocycles. The Balaban J connectivity index is 3.00. The van der Waals surface area contributed by atoms with Crippen LogP contribution < -0.4 is 11.1 Å². The lowest BCUT2D eigenvalue weighted by Crippen LogP contribution is -2.22. The number of hydrogen-bond acceptors (Lipinski definition) is 3. The van der Waals surface area contributed by atoms with Crippen LogP contribution in [0, 0.1) is 5.41 Å². The van der Waals surface area contributed by atoms with Crippen LogP contribution in [0.15, 0.2) is 18.2 Å². The number of hydrogen-bond donors (Lipinski definition) is 3. The number of nitrogens with one attached hydrogen (secondary N) is 2. The van der Waals surface area contributed by atoms with Gasteiger partial charge < -0.3 is 16.5 Å². The average Bonchev–Trinajstić information content (AvgIpc) is 2.19. The standard InChI is InChI=1S/C10H13N3O/c1-2-13-10(14)7-3-4-9(12)8(5-7)6-11/h3-6,11H,2,12H2,1H3,(H,13,14). The normalized spacial score (nSPS) is 9.50. The maximum atomic E-state index is 11.4. The summed E-state index contributed by atoms with van der Waals surface area (Å²) in [4.78, 5) is 11.4. The topological polar surface area (TPSA) is 79.0 Å². The largest absolute Gasteiger partial charge is 0.398 e. The van der Waals surface area contributed by atoms with Gasteiger partial charge in [0.2, 0.25) is 0 Å². The van der Waals surface area contributed by atoms with E-state index in [-0.39, 0.29) is 5.91 Å². The van der Waals surface area contributed by atoms with Crippen molar-refractivity contribution in [2.24, 2.45) is 0 Å². The highest BCUT2D eigenvalue weighted by atomic mass is 16.1. The molecule has 74 valence electrons. The molecule has 0 saturated carbocycles. The highest BCUT2D eigenvalue weighted by Crippen LogP contribution is 2.11. The Labute approximate surface area is 82.6 Å². The molecule has 0 aliphatic rings. The molecule has 4 nitrogen and oxygen atoms in total. The van der Waals surface area contributed by atoms with Gasteiger partial charge in [0.05, 0.1) is 0 Å². The molecule has 1 aromatic carbocycles. The summed E-state index contributed by atoms with van der Waals surface area (Å²) in [6.45, 7) is 2.44. The van der Waals surface area contributed by atoms with Gasteiger partial charge in [-0.15, -0.1) is 0 Å². The number of benzene rings is 1. The Hall–Kier alpha value is -1.84. The molecule has 1 amide bonds. The van der Waals surface area contributed by atoms with E-state index in [1.807, 2.05) is 6.92 Å². The summed E-state index contributed by atoms with van der Waals surface area (Å²) in [5.41, 5.74) is 7.19. The molecule has 0 radical (unpaired) electrons. The van der Waals surface area contributed by atoms with Gasteiger partial charge in [0.25, 0.3) is 5.91 Å². The summed E-state index contributed by atoms with van der Waals surface area (Å²) in [5.74, 6) is -0.143. The molecule has 0 unspecified atom stereocenters. The minimum Gasteiger partial charge on any atom is -0.398 e. The highest BCUT2D eigenvalue weighted by Gasteiger charge is 2.05.